The van der Waals surface area contributed by atoms with Crippen molar-refractivity contribution in [2.75, 3.05) is 0 Å². The van der Waals surface area contributed by atoms with Crippen LogP contribution in [0.3, 0.4) is 0 Å². The van der Waals surface area contributed by atoms with Crippen molar-refractivity contribution in [3.63, 3.8) is 0 Å². The van der Waals surface area contributed by atoms with Crippen LogP contribution in [0, 0.1) is 0 Å². The lowest BCUT2D eigenvalue weighted by molar-refractivity contribution is 0.404. The van der Waals surface area contributed by atoms with Crippen molar-refractivity contribution in [2.24, 2.45) is 0 Å². The van der Waals surface area contributed by atoms with Gasteiger partial charge in [0.05, 0.1) is 10.8 Å². The molecule has 2 aromatic heterocycles. The van der Waals surface area contributed by atoms with Crippen molar-refractivity contribution in [2.45, 2.75) is 0 Å². The van der Waals surface area contributed by atoms with Gasteiger partial charge >= 0.3 is 0 Å². The summed E-state index contributed by atoms with van der Waals surface area (Å²) in [4.78, 5) is 12.7. The second-order valence-electron chi connectivity index (χ2n) is 6.44. The molecule has 0 fully saturated rings. The Kier molecular flexibility index (Phi) is 3.12. The number of rotatable bonds is 1. The van der Waals surface area contributed by atoms with E-state index in [0.717, 1.165) is 0 Å². The summed E-state index contributed by atoms with van der Waals surface area (Å²) in [6, 6.07) is 11.2. The van der Waals surface area contributed by atoms with Gasteiger partial charge in [0.1, 0.15) is 17.1 Å². The van der Waals surface area contributed by atoms with E-state index in [-0.39, 0.29) is 56.3 Å². The number of hydrogen-bond acceptors (Lipinski definition) is 7. The molecule has 5 rings (SSSR count). The van der Waals surface area contributed by atoms with E-state index in [0.29, 0.717) is 16.3 Å². The molecule has 4 N–H and O–H groups in total. The van der Waals surface area contributed by atoms with E-state index in [9.17, 15) is 25.2 Å². The summed E-state index contributed by atoms with van der Waals surface area (Å²) in [5.41, 5.74) is 0.654. The Bertz CT molecular complexity index is 1460. The van der Waals surface area contributed by atoms with Crippen molar-refractivity contribution >= 4 is 32.9 Å². The second-order valence-corrected chi connectivity index (χ2v) is 6.44. The average molecular weight is 376 g/mol. The zero-order valence-corrected chi connectivity index (χ0v) is 14.1. The number of benzene rings is 3. The monoisotopic (exact) mass is 376 g/mol. The van der Waals surface area contributed by atoms with Crippen molar-refractivity contribution in [3.05, 3.63) is 58.8 Å². The summed E-state index contributed by atoms with van der Waals surface area (Å²) in [6.07, 6.45) is 0. The topological polar surface area (TPSA) is 124 Å². The predicted molar refractivity (Wildman–Crippen MR) is 102 cm³/mol. The first-order valence-corrected chi connectivity index (χ1v) is 8.30. The van der Waals surface area contributed by atoms with Crippen LogP contribution < -0.4 is 5.43 Å². The van der Waals surface area contributed by atoms with Crippen LogP contribution in [0.4, 0.5) is 0 Å². The molecule has 7 heteroatoms. The van der Waals surface area contributed by atoms with Crippen LogP contribution in [0.5, 0.6) is 23.0 Å². The van der Waals surface area contributed by atoms with Crippen LogP contribution in [-0.4, -0.2) is 20.4 Å². The number of furan rings is 1. The molecule has 0 amide bonds. The lowest BCUT2D eigenvalue weighted by atomic mass is 10.1. The zero-order chi connectivity index (χ0) is 19.6. The lowest BCUT2D eigenvalue weighted by Gasteiger charge is -2.05. The molecule has 0 unspecified atom stereocenters. The third-order valence-corrected chi connectivity index (χ3v) is 4.66. The van der Waals surface area contributed by atoms with Crippen molar-refractivity contribution in [3.8, 4) is 34.3 Å². The smallest absolute Gasteiger partial charge is 0.193 e. The van der Waals surface area contributed by atoms with Gasteiger partial charge in [-0.15, -0.1) is 0 Å². The number of phenolic OH excluding ortho intramolecular Hbond substituents is 4. The number of fused-ring (bicyclic) bond motifs is 5. The van der Waals surface area contributed by atoms with Crippen molar-refractivity contribution in [1.29, 1.82) is 0 Å². The molecule has 5 aromatic rings. The van der Waals surface area contributed by atoms with Crippen LogP contribution in [0.2, 0.25) is 0 Å². The Morgan fingerprint density at radius 3 is 2.11 bits per heavy atom. The maximum Gasteiger partial charge on any atom is 0.193 e. The fraction of sp³-hybridized carbons (Fsp3) is 0. The van der Waals surface area contributed by atoms with Gasteiger partial charge in [0.25, 0.3) is 0 Å². The van der Waals surface area contributed by atoms with E-state index in [2.05, 4.69) is 0 Å². The van der Waals surface area contributed by atoms with Crippen LogP contribution in [0.1, 0.15) is 0 Å². The van der Waals surface area contributed by atoms with Gasteiger partial charge in [-0.05, 0) is 36.4 Å². The third-order valence-electron chi connectivity index (χ3n) is 4.66. The minimum absolute atomic E-state index is 0.0681. The molecule has 0 saturated heterocycles. The largest absolute Gasteiger partial charge is 0.508 e. The quantitative estimate of drug-likeness (QED) is 0.323. The van der Waals surface area contributed by atoms with E-state index < -0.39 is 0 Å². The Hall–Kier alpha value is -4.13. The number of aromatic hydroxyl groups is 4. The van der Waals surface area contributed by atoms with Gasteiger partial charge in [-0.2, -0.15) is 0 Å². The first-order valence-electron chi connectivity index (χ1n) is 8.30. The number of phenols is 4. The van der Waals surface area contributed by atoms with Gasteiger partial charge in [0.15, 0.2) is 33.8 Å². The molecule has 28 heavy (non-hydrogen) atoms. The van der Waals surface area contributed by atoms with Crippen LogP contribution in [0.25, 0.3) is 44.2 Å². The SMILES string of the molecule is O=c1cc(-c2ccc(O)cc2)oc2c1cc(O)c1oc3cc(O)c(O)cc3c12. The summed E-state index contributed by atoms with van der Waals surface area (Å²) >= 11 is 0. The van der Waals surface area contributed by atoms with E-state index in [1.165, 1.54) is 36.4 Å². The molecule has 2 heterocycles. The standard InChI is InChI=1S/C21H12O7/c22-10-3-1-9(2-4-10)17-7-13(23)11-5-16(26)21-19(20(11)27-17)12-6-14(24)15(25)8-18(12)28-21/h1-8,22,24-26H. The van der Waals surface area contributed by atoms with Gasteiger partial charge in [-0.25, -0.2) is 0 Å². The molecule has 7 nitrogen and oxygen atoms in total. The summed E-state index contributed by atoms with van der Waals surface area (Å²) in [7, 11) is 0. The molecule has 0 bridgehead atoms. The molecule has 138 valence electrons. The maximum absolute atomic E-state index is 12.7. The molecule has 0 aliphatic carbocycles. The molecular formula is C21H12O7. The van der Waals surface area contributed by atoms with E-state index in [4.69, 9.17) is 8.83 Å². The third kappa shape index (κ3) is 2.20. The number of hydrogen-bond donors (Lipinski definition) is 4. The van der Waals surface area contributed by atoms with Gasteiger partial charge in [0, 0.05) is 23.1 Å². The molecular weight excluding hydrogens is 364 g/mol. The van der Waals surface area contributed by atoms with Gasteiger partial charge in [0.2, 0.25) is 0 Å². The maximum atomic E-state index is 12.7. The molecule has 0 aliphatic rings. The lowest BCUT2D eigenvalue weighted by Crippen LogP contribution is -2.00. The fourth-order valence-corrected chi connectivity index (χ4v) is 3.32. The highest BCUT2D eigenvalue weighted by molar-refractivity contribution is 6.19. The van der Waals surface area contributed by atoms with E-state index in [1.807, 2.05) is 0 Å². The van der Waals surface area contributed by atoms with Crippen LogP contribution in [0.15, 0.2) is 62.2 Å². The highest BCUT2D eigenvalue weighted by Gasteiger charge is 2.20. The highest BCUT2D eigenvalue weighted by atomic mass is 16.4. The second kappa shape index (κ2) is 5.43. The Morgan fingerprint density at radius 1 is 0.679 bits per heavy atom. The summed E-state index contributed by atoms with van der Waals surface area (Å²) in [5, 5.41) is 40.2. The summed E-state index contributed by atoms with van der Waals surface area (Å²) in [5.74, 6) is -0.662. The van der Waals surface area contributed by atoms with E-state index in [1.54, 1.807) is 12.1 Å². The highest BCUT2D eigenvalue weighted by Crippen LogP contribution is 2.43. The molecule has 0 atom stereocenters. The van der Waals surface area contributed by atoms with E-state index >= 15 is 0 Å². The minimum atomic E-state index is -0.376. The Morgan fingerprint density at radius 2 is 1.36 bits per heavy atom. The Labute approximate surface area is 155 Å². The van der Waals surface area contributed by atoms with Crippen LogP contribution >= 0.6 is 0 Å². The summed E-state index contributed by atoms with van der Waals surface area (Å²) in [6.45, 7) is 0. The van der Waals surface area contributed by atoms with Gasteiger partial charge in [-0.3, -0.25) is 4.79 Å². The fourth-order valence-electron chi connectivity index (χ4n) is 3.32. The minimum Gasteiger partial charge on any atom is -0.508 e. The summed E-state index contributed by atoms with van der Waals surface area (Å²) < 4.78 is 11.6. The van der Waals surface area contributed by atoms with Gasteiger partial charge < -0.3 is 29.3 Å². The van der Waals surface area contributed by atoms with Crippen molar-refractivity contribution in [1.82, 2.24) is 0 Å². The normalized spacial score (nSPS) is 11.6. The molecule has 0 saturated carbocycles. The molecule has 0 spiro atoms. The predicted octanol–water partition coefficient (Wildman–Crippen LogP) is 4.18. The molecule has 0 radical (unpaired) electrons. The first-order chi connectivity index (χ1) is 13.4. The zero-order valence-electron chi connectivity index (χ0n) is 14.1. The Balaban J connectivity index is 1.95. The first kappa shape index (κ1) is 16.1. The van der Waals surface area contributed by atoms with Crippen molar-refractivity contribution < 1.29 is 29.3 Å². The van der Waals surface area contributed by atoms with Crippen LogP contribution in [-0.2, 0) is 0 Å². The average Bonchev–Trinajstić information content (AvgIpc) is 3.03. The molecule has 0 aliphatic heterocycles. The molecule has 3 aromatic carbocycles. The van der Waals surface area contributed by atoms with Gasteiger partial charge in [-0.1, -0.05) is 0 Å².